The van der Waals surface area contributed by atoms with E-state index in [0.717, 1.165) is 44.7 Å². The lowest BCUT2D eigenvalue weighted by molar-refractivity contribution is 0.0950. The number of amides is 1. The molecule has 4 rings (SSSR count). The van der Waals surface area contributed by atoms with Crippen LogP contribution < -0.4 is 10.2 Å². The maximum absolute atomic E-state index is 12.8. The fraction of sp³-hybridized carbons (Fsp3) is 0.400. The molecule has 1 aromatic carbocycles. The molecule has 1 fully saturated rings. The summed E-state index contributed by atoms with van der Waals surface area (Å²) in [5.74, 6) is 0.382. The van der Waals surface area contributed by atoms with Gasteiger partial charge in [0.1, 0.15) is 17.0 Å². The van der Waals surface area contributed by atoms with Crippen LogP contribution in [-0.2, 0) is 0 Å². The molecule has 7 heteroatoms. The number of piperazine rings is 1. The third kappa shape index (κ3) is 4.99. The van der Waals surface area contributed by atoms with Gasteiger partial charge in [-0.1, -0.05) is 17.3 Å². The van der Waals surface area contributed by atoms with Crippen LogP contribution in [0.15, 0.2) is 47.2 Å². The number of hydrogen-bond donors (Lipinski definition) is 1. The molecule has 0 saturated carbocycles. The van der Waals surface area contributed by atoms with Gasteiger partial charge in [-0.25, -0.2) is 0 Å². The van der Waals surface area contributed by atoms with Crippen LogP contribution >= 0.6 is 0 Å². The Balaban J connectivity index is 1.24. The minimum absolute atomic E-state index is 0.143. The normalized spacial score (nSPS) is 14.5. The number of anilines is 1. The molecular formula is C25H31N5O2. The Morgan fingerprint density at radius 3 is 2.56 bits per heavy atom. The molecule has 1 aliphatic rings. The van der Waals surface area contributed by atoms with Crippen molar-refractivity contribution < 1.29 is 9.32 Å². The minimum atomic E-state index is -0.143. The Morgan fingerprint density at radius 1 is 1.06 bits per heavy atom. The summed E-state index contributed by atoms with van der Waals surface area (Å²) in [4.78, 5) is 21.8. The lowest BCUT2D eigenvalue weighted by Crippen LogP contribution is -2.47. The van der Waals surface area contributed by atoms with Gasteiger partial charge in [-0.15, -0.1) is 0 Å². The Bertz CT molecular complexity index is 1060. The summed E-state index contributed by atoms with van der Waals surface area (Å²) in [6.45, 7) is 11.8. The van der Waals surface area contributed by atoms with E-state index >= 15 is 0 Å². The van der Waals surface area contributed by atoms with Crippen molar-refractivity contribution in [2.24, 2.45) is 0 Å². The van der Waals surface area contributed by atoms with Gasteiger partial charge >= 0.3 is 0 Å². The maximum Gasteiger partial charge on any atom is 0.257 e. The van der Waals surface area contributed by atoms with E-state index in [1.54, 1.807) is 19.3 Å². The third-order valence-electron chi connectivity index (χ3n) is 6.06. The number of nitrogens with one attached hydrogen (secondary N) is 1. The van der Waals surface area contributed by atoms with Crippen LogP contribution in [-0.4, -0.2) is 60.2 Å². The summed E-state index contributed by atoms with van der Waals surface area (Å²) in [7, 11) is 0. The maximum atomic E-state index is 12.8. The first kappa shape index (κ1) is 22.0. The number of pyridine rings is 1. The third-order valence-corrected chi connectivity index (χ3v) is 6.06. The van der Waals surface area contributed by atoms with E-state index in [4.69, 9.17) is 4.52 Å². The van der Waals surface area contributed by atoms with Crippen molar-refractivity contribution in [2.75, 3.05) is 44.2 Å². The largest absolute Gasteiger partial charge is 0.369 e. The van der Waals surface area contributed by atoms with E-state index in [2.05, 4.69) is 57.3 Å². The van der Waals surface area contributed by atoms with Gasteiger partial charge in [-0.3, -0.25) is 14.7 Å². The van der Waals surface area contributed by atoms with Crippen molar-refractivity contribution in [2.45, 2.75) is 27.2 Å². The number of aromatic nitrogens is 2. The second-order valence-electron chi connectivity index (χ2n) is 8.43. The van der Waals surface area contributed by atoms with Crippen molar-refractivity contribution in [1.82, 2.24) is 20.4 Å². The number of rotatable bonds is 7. The predicted molar refractivity (Wildman–Crippen MR) is 126 cm³/mol. The van der Waals surface area contributed by atoms with Gasteiger partial charge in [-0.05, 0) is 63.1 Å². The molecule has 2 aromatic heterocycles. The quantitative estimate of drug-likeness (QED) is 0.574. The highest BCUT2D eigenvalue weighted by atomic mass is 16.5. The van der Waals surface area contributed by atoms with Crippen LogP contribution in [0, 0.1) is 20.8 Å². The summed E-state index contributed by atoms with van der Waals surface area (Å²) < 4.78 is 5.29. The number of carbonyl (C=O) groups is 1. The zero-order valence-corrected chi connectivity index (χ0v) is 19.1. The summed E-state index contributed by atoms with van der Waals surface area (Å²) in [5, 5.41) is 7.11. The first-order chi connectivity index (χ1) is 15.5. The predicted octanol–water partition coefficient (Wildman–Crippen LogP) is 3.60. The Kier molecular flexibility index (Phi) is 6.85. The average Bonchev–Trinajstić information content (AvgIpc) is 3.21. The summed E-state index contributed by atoms with van der Waals surface area (Å²) in [6, 6.07) is 10.3. The SMILES string of the molecule is Cc1ccc(C)c(N2CCN(CCCNC(=O)c3c(-c4ccncc4)noc3C)CC2)c1. The van der Waals surface area contributed by atoms with E-state index in [1.807, 2.05) is 12.1 Å². The van der Waals surface area contributed by atoms with Gasteiger partial charge in [0.05, 0.1) is 0 Å². The average molecular weight is 434 g/mol. The molecule has 1 saturated heterocycles. The van der Waals surface area contributed by atoms with Gasteiger partial charge in [0, 0.05) is 56.4 Å². The first-order valence-electron chi connectivity index (χ1n) is 11.2. The van der Waals surface area contributed by atoms with E-state index in [-0.39, 0.29) is 5.91 Å². The monoisotopic (exact) mass is 433 g/mol. The molecule has 1 N–H and O–H groups in total. The van der Waals surface area contributed by atoms with Gasteiger partial charge < -0.3 is 14.7 Å². The lowest BCUT2D eigenvalue weighted by Gasteiger charge is -2.37. The summed E-state index contributed by atoms with van der Waals surface area (Å²) >= 11 is 0. The summed E-state index contributed by atoms with van der Waals surface area (Å²) in [5.41, 5.74) is 5.87. The van der Waals surface area contributed by atoms with Crippen molar-refractivity contribution in [1.29, 1.82) is 0 Å². The molecule has 0 radical (unpaired) electrons. The second kappa shape index (κ2) is 9.96. The molecule has 32 heavy (non-hydrogen) atoms. The second-order valence-corrected chi connectivity index (χ2v) is 8.43. The van der Waals surface area contributed by atoms with Crippen LogP contribution in [0.3, 0.4) is 0 Å². The van der Waals surface area contributed by atoms with Crippen LogP contribution in [0.2, 0.25) is 0 Å². The molecule has 0 spiro atoms. The number of nitrogens with zero attached hydrogens (tertiary/aromatic N) is 4. The van der Waals surface area contributed by atoms with Crippen molar-refractivity contribution in [3.8, 4) is 11.3 Å². The number of aryl methyl sites for hydroxylation is 3. The highest BCUT2D eigenvalue weighted by Crippen LogP contribution is 2.25. The molecule has 0 unspecified atom stereocenters. The van der Waals surface area contributed by atoms with E-state index < -0.39 is 0 Å². The standard InChI is InChI=1S/C25H31N5O2/c1-18-5-6-19(2)22(17-18)30-15-13-29(14-16-30)12-4-9-27-25(31)23-20(3)32-28-24(23)21-7-10-26-11-8-21/h5-8,10-11,17H,4,9,12-16H2,1-3H3,(H,27,31). The highest BCUT2D eigenvalue weighted by molar-refractivity contribution is 6.00. The Hall–Kier alpha value is -3.19. The smallest absolute Gasteiger partial charge is 0.257 e. The molecule has 168 valence electrons. The van der Waals surface area contributed by atoms with Crippen LogP contribution in [0.4, 0.5) is 5.69 Å². The van der Waals surface area contributed by atoms with Crippen molar-refractivity contribution >= 4 is 11.6 Å². The highest BCUT2D eigenvalue weighted by Gasteiger charge is 2.22. The zero-order valence-electron chi connectivity index (χ0n) is 19.1. The van der Waals surface area contributed by atoms with Crippen LogP contribution in [0.25, 0.3) is 11.3 Å². The molecule has 0 aliphatic carbocycles. The fourth-order valence-electron chi connectivity index (χ4n) is 4.21. The van der Waals surface area contributed by atoms with Crippen molar-refractivity contribution in [3.05, 3.63) is 65.2 Å². The summed E-state index contributed by atoms with van der Waals surface area (Å²) in [6.07, 6.45) is 4.27. The number of benzene rings is 1. The first-order valence-corrected chi connectivity index (χ1v) is 11.2. The molecule has 1 amide bonds. The Morgan fingerprint density at radius 2 is 1.81 bits per heavy atom. The zero-order chi connectivity index (χ0) is 22.5. The topological polar surface area (TPSA) is 74.5 Å². The van der Waals surface area contributed by atoms with Gasteiger partial charge in [0.2, 0.25) is 0 Å². The number of hydrogen-bond acceptors (Lipinski definition) is 6. The molecule has 1 aliphatic heterocycles. The fourth-order valence-corrected chi connectivity index (χ4v) is 4.21. The molecule has 0 atom stereocenters. The molecule has 3 heterocycles. The Labute approximate surface area is 189 Å². The van der Waals surface area contributed by atoms with Gasteiger partial charge in [-0.2, -0.15) is 0 Å². The van der Waals surface area contributed by atoms with Crippen molar-refractivity contribution in [3.63, 3.8) is 0 Å². The molecule has 7 nitrogen and oxygen atoms in total. The van der Waals surface area contributed by atoms with Crippen LogP contribution in [0.5, 0.6) is 0 Å². The molecule has 3 aromatic rings. The number of carbonyl (C=O) groups excluding carboxylic acids is 1. The van der Waals surface area contributed by atoms with Gasteiger partial charge in [0.25, 0.3) is 5.91 Å². The van der Waals surface area contributed by atoms with E-state index in [1.165, 1.54) is 16.8 Å². The van der Waals surface area contributed by atoms with E-state index in [0.29, 0.717) is 23.6 Å². The lowest BCUT2D eigenvalue weighted by atomic mass is 10.1. The molecular weight excluding hydrogens is 402 g/mol. The minimum Gasteiger partial charge on any atom is -0.369 e. The van der Waals surface area contributed by atoms with Gasteiger partial charge in [0.15, 0.2) is 0 Å². The van der Waals surface area contributed by atoms with E-state index in [9.17, 15) is 4.79 Å². The van der Waals surface area contributed by atoms with Crippen LogP contribution in [0.1, 0.15) is 33.7 Å². The molecule has 0 bridgehead atoms.